The van der Waals surface area contributed by atoms with Crippen molar-refractivity contribution in [2.24, 2.45) is 7.05 Å². The van der Waals surface area contributed by atoms with Gasteiger partial charge in [0.1, 0.15) is 5.03 Å². The quantitative estimate of drug-likeness (QED) is 0.693. The van der Waals surface area contributed by atoms with E-state index in [4.69, 9.17) is 0 Å². The number of nitrogens with one attached hydrogen (secondary N) is 1. The predicted octanol–water partition coefficient (Wildman–Crippen LogP) is 2.76. The number of rotatable bonds is 6. The molecule has 0 saturated carbocycles. The Kier molecular flexibility index (Phi) is 5.57. The number of carbonyl (C=O) groups excluding carboxylic acids is 1. The molecule has 0 spiro atoms. The Morgan fingerprint density at radius 1 is 1.25 bits per heavy atom. The molecule has 7 nitrogen and oxygen atoms in total. The molecule has 0 unspecified atom stereocenters. The van der Waals surface area contributed by atoms with Crippen molar-refractivity contribution in [2.75, 3.05) is 18.0 Å². The Bertz CT molecular complexity index is 945. The topological polar surface area (TPSA) is 75.9 Å². The zero-order valence-corrected chi connectivity index (χ0v) is 16.5. The second-order valence-electron chi connectivity index (χ2n) is 6.70. The molecule has 4 rings (SSSR count). The van der Waals surface area contributed by atoms with Crippen LogP contribution in [0.25, 0.3) is 0 Å². The van der Waals surface area contributed by atoms with Gasteiger partial charge in [0.15, 0.2) is 5.69 Å². The Hall–Kier alpha value is -2.87. The van der Waals surface area contributed by atoms with Gasteiger partial charge < -0.3 is 10.2 Å². The molecule has 0 radical (unpaired) electrons. The van der Waals surface area contributed by atoms with E-state index in [9.17, 15) is 4.79 Å². The predicted molar refractivity (Wildman–Crippen MR) is 109 cm³/mol. The molecule has 1 amide bonds. The van der Waals surface area contributed by atoms with Gasteiger partial charge >= 0.3 is 0 Å². The van der Waals surface area contributed by atoms with Crippen LogP contribution in [-0.2, 0) is 7.05 Å². The lowest BCUT2D eigenvalue weighted by Crippen LogP contribution is -2.40. The Morgan fingerprint density at radius 2 is 2.07 bits per heavy atom. The minimum Gasteiger partial charge on any atom is -0.364 e. The highest BCUT2D eigenvalue weighted by Gasteiger charge is 2.26. The summed E-state index contributed by atoms with van der Waals surface area (Å²) >= 11 is 1.44. The van der Waals surface area contributed by atoms with E-state index >= 15 is 0 Å². The maximum absolute atomic E-state index is 12.8. The maximum Gasteiger partial charge on any atom is 0.272 e. The van der Waals surface area contributed by atoms with E-state index in [-0.39, 0.29) is 11.9 Å². The first-order chi connectivity index (χ1) is 13.7. The lowest BCUT2D eigenvalue weighted by molar-refractivity contribution is 0.0942. The van der Waals surface area contributed by atoms with Gasteiger partial charge in [-0.1, -0.05) is 30.0 Å². The van der Waals surface area contributed by atoms with Crippen LogP contribution in [0.5, 0.6) is 0 Å². The van der Waals surface area contributed by atoms with Crippen LogP contribution in [0.15, 0.2) is 65.0 Å². The largest absolute Gasteiger partial charge is 0.364 e. The molecule has 3 heterocycles. The maximum atomic E-state index is 12.8. The molecular formula is C20H22N6OS. The first-order valence-corrected chi connectivity index (χ1v) is 10.1. The van der Waals surface area contributed by atoms with Crippen molar-refractivity contribution in [1.29, 1.82) is 0 Å². The number of carbonyl (C=O) groups is 1. The fraction of sp³-hybridized carbons (Fsp3) is 0.300. The molecule has 2 aromatic heterocycles. The summed E-state index contributed by atoms with van der Waals surface area (Å²) in [6.45, 7) is 1.55. The van der Waals surface area contributed by atoms with Crippen LogP contribution in [-0.4, -0.2) is 44.8 Å². The van der Waals surface area contributed by atoms with E-state index < -0.39 is 0 Å². The molecule has 1 atom stereocenters. The van der Waals surface area contributed by atoms with Crippen LogP contribution in [0.3, 0.4) is 0 Å². The van der Waals surface area contributed by atoms with Crippen LogP contribution in [0.1, 0.15) is 23.3 Å². The molecule has 1 aliphatic rings. The molecule has 1 aromatic carbocycles. The molecule has 3 aromatic rings. The molecule has 1 saturated heterocycles. The van der Waals surface area contributed by atoms with E-state index in [1.807, 2.05) is 49.8 Å². The molecule has 0 aliphatic carbocycles. The smallest absolute Gasteiger partial charge is 0.272 e. The number of aromatic nitrogens is 4. The number of anilines is 1. The average molecular weight is 395 g/mol. The van der Waals surface area contributed by atoms with Gasteiger partial charge in [-0.3, -0.25) is 9.48 Å². The summed E-state index contributed by atoms with van der Waals surface area (Å²) in [7, 11) is 1.91. The summed E-state index contributed by atoms with van der Waals surface area (Å²) in [5, 5.41) is 7.92. The number of nitrogens with zero attached hydrogens (tertiary/aromatic N) is 5. The zero-order valence-electron chi connectivity index (χ0n) is 15.7. The van der Waals surface area contributed by atoms with Gasteiger partial charge in [-0.25, -0.2) is 9.97 Å². The van der Waals surface area contributed by atoms with Gasteiger partial charge in [-0.05, 0) is 25.0 Å². The summed E-state index contributed by atoms with van der Waals surface area (Å²) in [6.07, 6.45) is 9.20. The van der Waals surface area contributed by atoms with Crippen LogP contribution in [0.2, 0.25) is 0 Å². The fourth-order valence-corrected chi connectivity index (χ4v) is 4.27. The van der Waals surface area contributed by atoms with Crippen molar-refractivity contribution in [2.45, 2.75) is 28.8 Å². The van der Waals surface area contributed by atoms with E-state index in [0.717, 1.165) is 30.0 Å². The Labute approximate surface area is 168 Å². The number of aryl methyl sites for hydroxylation is 1. The first-order valence-electron chi connectivity index (χ1n) is 9.28. The van der Waals surface area contributed by atoms with Crippen molar-refractivity contribution in [3.8, 4) is 0 Å². The van der Waals surface area contributed by atoms with Crippen molar-refractivity contribution < 1.29 is 4.79 Å². The molecule has 144 valence electrons. The van der Waals surface area contributed by atoms with Crippen LogP contribution in [0.4, 0.5) is 5.69 Å². The SMILES string of the molecule is Cn1cc(N2CCC[C@@H]2CNC(=O)c2nccnc2Sc2ccccc2)cn1. The van der Waals surface area contributed by atoms with Gasteiger partial charge in [-0.15, -0.1) is 0 Å². The molecule has 28 heavy (non-hydrogen) atoms. The van der Waals surface area contributed by atoms with Gasteiger partial charge in [0, 0.05) is 49.7 Å². The third-order valence-electron chi connectivity index (χ3n) is 4.74. The highest BCUT2D eigenvalue weighted by Crippen LogP contribution is 2.28. The molecule has 1 N–H and O–H groups in total. The van der Waals surface area contributed by atoms with Crippen LogP contribution < -0.4 is 10.2 Å². The molecule has 1 fully saturated rings. The monoisotopic (exact) mass is 394 g/mol. The molecular weight excluding hydrogens is 372 g/mol. The number of benzene rings is 1. The summed E-state index contributed by atoms with van der Waals surface area (Å²) in [5.74, 6) is -0.190. The van der Waals surface area contributed by atoms with E-state index in [2.05, 4.69) is 25.3 Å². The Morgan fingerprint density at radius 3 is 2.86 bits per heavy atom. The second-order valence-corrected chi connectivity index (χ2v) is 7.76. The average Bonchev–Trinajstić information content (AvgIpc) is 3.36. The van der Waals surface area contributed by atoms with E-state index in [1.54, 1.807) is 17.1 Å². The normalized spacial score (nSPS) is 16.3. The molecule has 1 aliphatic heterocycles. The van der Waals surface area contributed by atoms with Crippen molar-refractivity contribution in [1.82, 2.24) is 25.1 Å². The number of amides is 1. The van der Waals surface area contributed by atoms with E-state index in [0.29, 0.717) is 17.3 Å². The van der Waals surface area contributed by atoms with Crippen LogP contribution in [0, 0.1) is 0 Å². The van der Waals surface area contributed by atoms with Gasteiger partial charge in [0.2, 0.25) is 0 Å². The summed E-state index contributed by atoms with van der Waals surface area (Å²) in [6, 6.07) is 10.1. The lowest BCUT2D eigenvalue weighted by Gasteiger charge is -2.25. The third kappa shape index (κ3) is 4.17. The van der Waals surface area contributed by atoms with Crippen molar-refractivity contribution >= 4 is 23.4 Å². The standard InChI is InChI=1S/C20H22N6OS/c1-25-14-16(13-24-25)26-11-5-6-15(26)12-23-19(27)18-20(22-10-9-21-18)28-17-7-3-2-4-8-17/h2-4,7-10,13-15H,5-6,11-12H2,1H3,(H,23,27)/t15-/m1/s1. The third-order valence-corrected chi connectivity index (χ3v) is 5.74. The Balaban J connectivity index is 1.43. The lowest BCUT2D eigenvalue weighted by atomic mass is 10.2. The summed E-state index contributed by atoms with van der Waals surface area (Å²) < 4.78 is 1.80. The van der Waals surface area contributed by atoms with Gasteiger partial charge in [0.25, 0.3) is 5.91 Å². The zero-order chi connectivity index (χ0) is 19.3. The molecule has 0 bridgehead atoms. The summed E-state index contributed by atoms with van der Waals surface area (Å²) in [5.41, 5.74) is 1.46. The van der Waals surface area contributed by atoms with Gasteiger partial charge in [-0.2, -0.15) is 5.10 Å². The van der Waals surface area contributed by atoms with E-state index in [1.165, 1.54) is 11.8 Å². The fourth-order valence-electron chi connectivity index (χ4n) is 3.39. The second kappa shape index (κ2) is 8.43. The number of hydrogen-bond donors (Lipinski definition) is 1. The highest BCUT2D eigenvalue weighted by molar-refractivity contribution is 7.99. The number of hydrogen-bond acceptors (Lipinski definition) is 6. The first kappa shape index (κ1) is 18.5. The highest BCUT2D eigenvalue weighted by atomic mass is 32.2. The molecule has 8 heteroatoms. The van der Waals surface area contributed by atoms with Crippen molar-refractivity contribution in [3.05, 3.63) is 60.8 Å². The summed E-state index contributed by atoms with van der Waals surface area (Å²) in [4.78, 5) is 24.8. The van der Waals surface area contributed by atoms with Crippen LogP contribution >= 0.6 is 11.8 Å². The van der Waals surface area contributed by atoms with Crippen molar-refractivity contribution in [3.63, 3.8) is 0 Å². The van der Waals surface area contributed by atoms with Gasteiger partial charge in [0.05, 0.1) is 11.9 Å². The minimum atomic E-state index is -0.190. The minimum absolute atomic E-state index is 0.190.